The lowest BCUT2D eigenvalue weighted by Crippen LogP contribution is -2.39. The second kappa shape index (κ2) is 7.25. The average Bonchev–Trinajstić information content (AvgIpc) is 2.58. The highest BCUT2D eigenvalue weighted by molar-refractivity contribution is 5.81. The number of likely N-dealkylation sites (tertiary alicyclic amines) is 1. The van der Waals surface area contributed by atoms with Gasteiger partial charge >= 0.3 is 0 Å². The standard InChI is InChI=1S/C15H27NO2/c1-18-12-13-7-9-16(10-8-13)11-14-5-3-2-4-6-15(14)17/h13-14H,2-12H2,1H3. The van der Waals surface area contributed by atoms with Crippen LogP contribution in [0.5, 0.6) is 0 Å². The summed E-state index contributed by atoms with van der Waals surface area (Å²) in [5.74, 6) is 1.58. The number of rotatable bonds is 4. The Labute approximate surface area is 111 Å². The largest absolute Gasteiger partial charge is 0.384 e. The van der Waals surface area contributed by atoms with Gasteiger partial charge < -0.3 is 9.64 Å². The van der Waals surface area contributed by atoms with E-state index in [0.717, 1.165) is 51.4 Å². The molecule has 0 amide bonds. The third-order valence-corrected chi connectivity index (χ3v) is 4.52. The highest BCUT2D eigenvalue weighted by Gasteiger charge is 2.25. The minimum Gasteiger partial charge on any atom is -0.384 e. The zero-order chi connectivity index (χ0) is 12.8. The zero-order valence-corrected chi connectivity index (χ0v) is 11.7. The second-order valence-electron chi connectivity index (χ2n) is 5.96. The first-order valence-electron chi connectivity index (χ1n) is 7.53. The van der Waals surface area contributed by atoms with E-state index in [0.29, 0.717) is 11.7 Å². The molecule has 1 saturated carbocycles. The molecule has 1 aliphatic heterocycles. The highest BCUT2D eigenvalue weighted by Crippen LogP contribution is 2.23. The maximum absolute atomic E-state index is 12.0. The van der Waals surface area contributed by atoms with Crippen molar-refractivity contribution < 1.29 is 9.53 Å². The molecule has 2 fully saturated rings. The highest BCUT2D eigenvalue weighted by atomic mass is 16.5. The van der Waals surface area contributed by atoms with E-state index in [2.05, 4.69) is 4.90 Å². The SMILES string of the molecule is COCC1CCN(CC2CCCCCC2=O)CC1. The normalized spacial score (nSPS) is 28.3. The van der Waals surface area contributed by atoms with Gasteiger partial charge in [0.2, 0.25) is 0 Å². The number of ether oxygens (including phenoxy) is 1. The predicted molar refractivity (Wildman–Crippen MR) is 72.6 cm³/mol. The first kappa shape index (κ1) is 14.0. The first-order chi connectivity index (χ1) is 8.79. The summed E-state index contributed by atoms with van der Waals surface area (Å²) in [4.78, 5) is 14.5. The van der Waals surface area contributed by atoms with Gasteiger partial charge in [-0.3, -0.25) is 4.79 Å². The summed E-state index contributed by atoms with van der Waals surface area (Å²) in [6.07, 6.45) is 8.02. The predicted octanol–water partition coefficient (Wildman–Crippen LogP) is 2.49. The van der Waals surface area contributed by atoms with Gasteiger partial charge in [0.15, 0.2) is 0 Å². The average molecular weight is 253 g/mol. The van der Waals surface area contributed by atoms with Gasteiger partial charge in [0.1, 0.15) is 5.78 Å². The van der Waals surface area contributed by atoms with Gasteiger partial charge in [-0.15, -0.1) is 0 Å². The molecule has 0 spiro atoms. The Balaban J connectivity index is 1.74. The van der Waals surface area contributed by atoms with Gasteiger partial charge in [0.05, 0.1) is 0 Å². The Hall–Kier alpha value is -0.410. The molecular formula is C15H27NO2. The van der Waals surface area contributed by atoms with Crippen molar-refractivity contribution in [2.24, 2.45) is 11.8 Å². The van der Waals surface area contributed by atoms with Crippen LogP contribution in [0.4, 0.5) is 0 Å². The van der Waals surface area contributed by atoms with Crippen molar-refractivity contribution in [3.63, 3.8) is 0 Å². The molecule has 18 heavy (non-hydrogen) atoms. The summed E-state index contributed by atoms with van der Waals surface area (Å²) in [6, 6.07) is 0. The molecule has 2 aliphatic rings. The molecule has 0 N–H and O–H groups in total. The zero-order valence-electron chi connectivity index (χ0n) is 11.7. The van der Waals surface area contributed by atoms with E-state index in [1.165, 1.54) is 25.7 Å². The monoisotopic (exact) mass is 253 g/mol. The molecule has 0 bridgehead atoms. The van der Waals surface area contributed by atoms with Crippen molar-refractivity contribution in [3.05, 3.63) is 0 Å². The van der Waals surface area contributed by atoms with Crippen LogP contribution in [0.25, 0.3) is 0 Å². The van der Waals surface area contributed by atoms with Gasteiger partial charge in [-0.2, -0.15) is 0 Å². The third-order valence-electron chi connectivity index (χ3n) is 4.52. The number of Topliss-reactive ketones (excluding diaryl/α,β-unsaturated/α-hetero) is 1. The Bertz CT molecular complexity index is 259. The van der Waals surface area contributed by atoms with E-state index in [4.69, 9.17) is 4.74 Å². The summed E-state index contributed by atoms with van der Waals surface area (Å²) in [6.45, 7) is 4.21. The quantitative estimate of drug-likeness (QED) is 0.721. The molecule has 0 aromatic rings. The van der Waals surface area contributed by atoms with E-state index >= 15 is 0 Å². The molecule has 0 aromatic heterocycles. The van der Waals surface area contributed by atoms with E-state index in [-0.39, 0.29) is 0 Å². The van der Waals surface area contributed by atoms with Crippen LogP contribution >= 0.6 is 0 Å². The smallest absolute Gasteiger partial charge is 0.137 e. The molecule has 3 nitrogen and oxygen atoms in total. The van der Waals surface area contributed by atoms with Crippen molar-refractivity contribution in [1.29, 1.82) is 0 Å². The number of nitrogens with zero attached hydrogens (tertiary/aromatic N) is 1. The van der Waals surface area contributed by atoms with E-state index in [9.17, 15) is 4.79 Å². The molecule has 3 heteroatoms. The molecule has 1 unspecified atom stereocenters. The topological polar surface area (TPSA) is 29.5 Å². The van der Waals surface area contributed by atoms with Gasteiger partial charge in [-0.05, 0) is 44.7 Å². The van der Waals surface area contributed by atoms with Crippen molar-refractivity contribution in [2.75, 3.05) is 33.4 Å². The molecule has 104 valence electrons. The van der Waals surface area contributed by atoms with Gasteiger partial charge in [-0.25, -0.2) is 0 Å². The number of methoxy groups -OCH3 is 1. The number of hydrogen-bond donors (Lipinski definition) is 0. The fourth-order valence-electron chi connectivity index (χ4n) is 3.31. The van der Waals surface area contributed by atoms with Crippen molar-refractivity contribution in [2.45, 2.75) is 44.9 Å². The van der Waals surface area contributed by atoms with Gasteiger partial charge in [0.25, 0.3) is 0 Å². The number of piperidine rings is 1. The minimum atomic E-state index is 0.325. The van der Waals surface area contributed by atoms with Crippen LogP contribution in [-0.2, 0) is 9.53 Å². The van der Waals surface area contributed by atoms with E-state index in [1.54, 1.807) is 7.11 Å². The molecule has 0 aromatic carbocycles. The Morgan fingerprint density at radius 1 is 1.17 bits per heavy atom. The summed E-state index contributed by atoms with van der Waals surface area (Å²) in [7, 11) is 1.79. The molecule has 1 aliphatic carbocycles. The number of ketones is 1. The minimum absolute atomic E-state index is 0.325. The van der Waals surface area contributed by atoms with E-state index < -0.39 is 0 Å². The Morgan fingerprint density at radius 3 is 2.67 bits per heavy atom. The van der Waals surface area contributed by atoms with Crippen LogP contribution in [0.3, 0.4) is 0 Å². The van der Waals surface area contributed by atoms with Crippen LogP contribution in [0.1, 0.15) is 44.9 Å². The Kier molecular flexibility index (Phi) is 5.64. The van der Waals surface area contributed by atoms with E-state index in [1.807, 2.05) is 0 Å². The Morgan fingerprint density at radius 2 is 1.94 bits per heavy atom. The lowest BCUT2D eigenvalue weighted by atomic mass is 9.94. The fraction of sp³-hybridized carbons (Fsp3) is 0.933. The van der Waals surface area contributed by atoms with Crippen molar-refractivity contribution in [3.8, 4) is 0 Å². The van der Waals surface area contributed by atoms with Crippen molar-refractivity contribution >= 4 is 5.78 Å². The van der Waals surface area contributed by atoms with Crippen LogP contribution in [0, 0.1) is 11.8 Å². The fourth-order valence-corrected chi connectivity index (χ4v) is 3.31. The summed E-state index contributed by atoms with van der Waals surface area (Å²) < 4.78 is 5.23. The first-order valence-corrected chi connectivity index (χ1v) is 7.53. The molecule has 1 atom stereocenters. The van der Waals surface area contributed by atoms with Crippen molar-refractivity contribution in [1.82, 2.24) is 4.90 Å². The number of carbonyl (C=O) groups excluding carboxylic acids is 1. The van der Waals surface area contributed by atoms with Crippen LogP contribution in [-0.4, -0.2) is 44.0 Å². The van der Waals surface area contributed by atoms with Gasteiger partial charge in [0, 0.05) is 32.6 Å². The summed E-state index contributed by atoms with van der Waals surface area (Å²) >= 11 is 0. The molecule has 2 rings (SSSR count). The lowest BCUT2D eigenvalue weighted by molar-refractivity contribution is -0.123. The lowest BCUT2D eigenvalue weighted by Gasteiger charge is -2.33. The second-order valence-corrected chi connectivity index (χ2v) is 5.96. The van der Waals surface area contributed by atoms with Crippen LogP contribution < -0.4 is 0 Å². The van der Waals surface area contributed by atoms with Crippen LogP contribution in [0.15, 0.2) is 0 Å². The third kappa shape index (κ3) is 4.06. The number of carbonyl (C=O) groups is 1. The molecular weight excluding hydrogens is 226 g/mol. The number of hydrogen-bond acceptors (Lipinski definition) is 3. The summed E-state index contributed by atoms with van der Waals surface area (Å²) in [5, 5.41) is 0. The summed E-state index contributed by atoms with van der Waals surface area (Å²) in [5.41, 5.74) is 0. The maximum atomic E-state index is 12.0. The van der Waals surface area contributed by atoms with Gasteiger partial charge in [-0.1, -0.05) is 12.8 Å². The molecule has 1 heterocycles. The molecule has 1 saturated heterocycles. The van der Waals surface area contributed by atoms with Crippen LogP contribution in [0.2, 0.25) is 0 Å². The maximum Gasteiger partial charge on any atom is 0.137 e. The molecule has 0 radical (unpaired) electrons.